The summed E-state index contributed by atoms with van der Waals surface area (Å²) in [6.07, 6.45) is 5.03. The Kier molecular flexibility index (Phi) is 10.0. The highest BCUT2D eigenvalue weighted by molar-refractivity contribution is 6.30. The predicted molar refractivity (Wildman–Crippen MR) is 149 cm³/mol. The fourth-order valence-corrected chi connectivity index (χ4v) is 5.59. The van der Waals surface area contributed by atoms with Gasteiger partial charge in [0.05, 0.1) is 25.1 Å². The van der Waals surface area contributed by atoms with Crippen molar-refractivity contribution in [1.82, 2.24) is 9.80 Å². The van der Waals surface area contributed by atoms with Crippen molar-refractivity contribution in [2.45, 2.75) is 51.5 Å². The van der Waals surface area contributed by atoms with E-state index in [4.69, 9.17) is 16.3 Å². The Morgan fingerprint density at radius 3 is 2.46 bits per heavy atom. The van der Waals surface area contributed by atoms with Crippen LogP contribution in [-0.2, 0) is 27.3 Å². The third-order valence-electron chi connectivity index (χ3n) is 7.64. The summed E-state index contributed by atoms with van der Waals surface area (Å²) in [6.45, 7) is 2.23. The Bertz CT molecular complexity index is 1230. The van der Waals surface area contributed by atoms with E-state index in [1.54, 1.807) is 7.11 Å². The lowest BCUT2D eigenvalue weighted by atomic mass is 9.79. The summed E-state index contributed by atoms with van der Waals surface area (Å²) in [5, 5.41) is 10.5. The average molecular weight is 551 g/mol. The largest absolute Gasteiger partial charge is 0.495 e. The van der Waals surface area contributed by atoms with Crippen molar-refractivity contribution in [2.75, 3.05) is 26.7 Å². The van der Waals surface area contributed by atoms with Gasteiger partial charge in [-0.15, -0.1) is 0 Å². The van der Waals surface area contributed by atoms with Crippen LogP contribution in [0.3, 0.4) is 0 Å². The van der Waals surface area contributed by atoms with E-state index in [0.717, 1.165) is 44.2 Å². The Morgan fingerprint density at radius 1 is 1.08 bits per heavy atom. The predicted octanol–water partition coefficient (Wildman–Crippen LogP) is 4.78. The van der Waals surface area contributed by atoms with E-state index in [9.17, 15) is 19.5 Å². The fraction of sp³-hybridized carbons (Fsp3) is 0.452. The second-order valence-electron chi connectivity index (χ2n) is 10.3. The normalized spacial score (nSPS) is 19.2. The van der Waals surface area contributed by atoms with Gasteiger partial charge in [0, 0.05) is 37.5 Å². The van der Waals surface area contributed by atoms with Crippen LogP contribution in [0.2, 0.25) is 5.02 Å². The number of halogens is 1. The molecule has 2 fully saturated rings. The van der Waals surface area contributed by atoms with Gasteiger partial charge < -0.3 is 9.84 Å². The number of hydrogen-bond donors (Lipinski definition) is 1. The quantitative estimate of drug-likeness (QED) is 0.338. The molecule has 39 heavy (non-hydrogen) atoms. The number of methoxy groups -OCH3 is 1. The second-order valence-corrected chi connectivity index (χ2v) is 10.7. The van der Waals surface area contributed by atoms with Crippen molar-refractivity contribution < 1.29 is 24.2 Å². The zero-order valence-corrected chi connectivity index (χ0v) is 23.1. The summed E-state index contributed by atoms with van der Waals surface area (Å²) in [6, 6.07) is 13.7. The van der Waals surface area contributed by atoms with Crippen LogP contribution in [0.5, 0.6) is 5.75 Å². The highest BCUT2D eigenvalue weighted by atomic mass is 35.5. The molecule has 1 saturated heterocycles. The molecule has 2 unspecified atom stereocenters. The number of likely N-dealkylation sites (tertiary alicyclic amines) is 1. The maximum absolute atomic E-state index is 11.9. The molecule has 206 valence electrons. The molecule has 1 aliphatic heterocycles. The lowest BCUT2D eigenvalue weighted by molar-refractivity contribution is -0.145. The van der Waals surface area contributed by atoms with Gasteiger partial charge in [-0.1, -0.05) is 54.5 Å². The van der Waals surface area contributed by atoms with E-state index >= 15 is 0 Å². The minimum absolute atomic E-state index is 0.0766. The first-order valence-corrected chi connectivity index (χ1v) is 13.9. The molecule has 0 bridgehead atoms. The lowest BCUT2D eigenvalue weighted by Crippen LogP contribution is -2.38. The molecule has 0 radical (unpaired) electrons. The number of carbonyl (C=O) groups is 3. The molecule has 2 atom stereocenters. The van der Waals surface area contributed by atoms with Crippen molar-refractivity contribution in [3.63, 3.8) is 0 Å². The van der Waals surface area contributed by atoms with Gasteiger partial charge in [0.1, 0.15) is 5.75 Å². The van der Waals surface area contributed by atoms with Crippen LogP contribution in [0.15, 0.2) is 42.5 Å². The highest BCUT2D eigenvalue weighted by Crippen LogP contribution is 2.32. The second kappa shape index (κ2) is 13.6. The highest BCUT2D eigenvalue weighted by Gasteiger charge is 2.32. The van der Waals surface area contributed by atoms with Crippen LogP contribution < -0.4 is 4.74 Å². The summed E-state index contributed by atoms with van der Waals surface area (Å²) in [5.74, 6) is 5.34. The lowest BCUT2D eigenvalue weighted by Gasteiger charge is -2.34. The summed E-state index contributed by atoms with van der Waals surface area (Å²) in [4.78, 5) is 39.1. The number of hydrogen-bond acceptors (Lipinski definition) is 5. The molecule has 1 saturated carbocycles. The number of ether oxygens (including phenoxy) is 1. The Hall–Kier alpha value is -3.34. The van der Waals surface area contributed by atoms with Crippen molar-refractivity contribution in [2.24, 2.45) is 11.8 Å². The number of amides is 2. The monoisotopic (exact) mass is 550 g/mol. The summed E-state index contributed by atoms with van der Waals surface area (Å²) in [5.41, 5.74) is 2.91. The van der Waals surface area contributed by atoms with Gasteiger partial charge in [0.2, 0.25) is 11.8 Å². The SMILES string of the molecule is COc1cc(CN(CCc2ccc(Cl)cc2)CC2CCCCC2C(=O)O)ccc1C#CCN1C(=O)CCC1=O. The first kappa shape index (κ1) is 28.7. The Balaban J connectivity index is 1.48. The number of carbonyl (C=O) groups excluding carboxylic acids is 2. The van der Waals surface area contributed by atoms with Gasteiger partial charge in [-0.3, -0.25) is 24.2 Å². The molecule has 0 spiro atoms. The van der Waals surface area contributed by atoms with Crippen molar-refractivity contribution in [1.29, 1.82) is 0 Å². The maximum atomic E-state index is 11.9. The topological polar surface area (TPSA) is 87.2 Å². The van der Waals surface area contributed by atoms with Crippen LogP contribution >= 0.6 is 11.6 Å². The molecule has 2 aromatic rings. The van der Waals surface area contributed by atoms with E-state index in [2.05, 4.69) is 16.7 Å². The number of benzene rings is 2. The third kappa shape index (κ3) is 7.84. The molecule has 1 aliphatic carbocycles. The van der Waals surface area contributed by atoms with Crippen LogP contribution in [0.25, 0.3) is 0 Å². The van der Waals surface area contributed by atoms with Crippen molar-refractivity contribution in [3.8, 4) is 17.6 Å². The number of carboxylic acids is 1. The molecule has 0 aromatic heterocycles. The minimum atomic E-state index is -0.695. The number of carboxylic acid groups (broad SMARTS) is 1. The fourth-order valence-electron chi connectivity index (χ4n) is 5.46. The van der Waals surface area contributed by atoms with Gasteiger partial charge in [0.15, 0.2) is 0 Å². The van der Waals surface area contributed by atoms with Gasteiger partial charge >= 0.3 is 5.97 Å². The standard InChI is InChI=1S/C31H35ClN2O5/c1-39-28-19-23(8-11-24(28)6-4-17-34-29(35)14-15-30(34)36)20-33(18-16-22-9-12-26(32)13-10-22)21-25-5-2-3-7-27(25)31(37)38/h8-13,19,25,27H,2-3,5,7,14-18,20-21H2,1H3,(H,37,38). The number of rotatable bonds is 10. The first-order chi connectivity index (χ1) is 18.8. The molecule has 2 aliphatic rings. The van der Waals surface area contributed by atoms with Crippen molar-refractivity contribution in [3.05, 3.63) is 64.2 Å². The Morgan fingerprint density at radius 2 is 1.77 bits per heavy atom. The molecule has 2 aromatic carbocycles. The number of aliphatic carboxylic acids is 1. The molecule has 1 heterocycles. The Labute approximate surface area is 235 Å². The van der Waals surface area contributed by atoms with E-state index in [1.807, 2.05) is 42.5 Å². The average Bonchev–Trinajstić information content (AvgIpc) is 3.25. The molecule has 1 N–H and O–H groups in total. The van der Waals surface area contributed by atoms with E-state index in [0.29, 0.717) is 29.4 Å². The minimum Gasteiger partial charge on any atom is -0.495 e. The smallest absolute Gasteiger partial charge is 0.306 e. The molecule has 7 nitrogen and oxygen atoms in total. The zero-order valence-electron chi connectivity index (χ0n) is 22.3. The van der Waals surface area contributed by atoms with Gasteiger partial charge in [-0.05, 0) is 60.6 Å². The molecular formula is C31H35ClN2O5. The van der Waals surface area contributed by atoms with Crippen LogP contribution in [0.4, 0.5) is 0 Å². The number of nitrogens with zero attached hydrogens (tertiary/aromatic N) is 2. The van der Waals surface area contributed by atoms with E-state index in [-0.39, 0.29) is 43.0 Å². The number of imide groups is 1. The van der Waals surface area contributed by atoms with E-state index in [1.165, 1.54) is 10.5 Å². The van der Waals surface area contributed by atoms with Gasteiger partial charge in [0.25, 0.3) is 0 Å². The van der Waals surface area contributed by atoms with Crippen molar-refractivity contribution >= 4 is 29.4 Å². The van der Waals surface area contributed by atoms with Gasteiger partial charge in [-0.2, -0.15) is 0 Å². The molecular weight excluding hydrogens is 516 g/mol. The molecule has 8 heteroatoms. The maximum Gasteiger partial charge on any atom is 0.306 e. The molecule has 4 rings (SSSR count). The van der Waals surface area contributed by atoms with Crippen LogP contribution in [0, 0.1) is 23.7 Å². The van der Waals surface area contributed by atoms with Gasteiger partial charge in [-0.25, -0.2) is 0 Å². The van der Waals surface area contributed by atoms with Crippen LogP contribution in [0.1, 0.15) is 55.2 Å². The summed E-state index contributed by atoms with van der Waals surface area (Å²) >= 11 is 6.06. The summed E-state index contributed by atoms with van der Waals surface area (Å²) in [7, 11) is 1.59. The zero-order chi connectivity index (χ0) is 27.8. The third-order valence-corrected chi connectivity index (χ3v) is 7.89. The first-order valence-electron chi connectivity index (χ1n) is 13.5. The van der Waals surface area contributed by atoms with Crippen LogP contribution in [-0.4, -0.2) is 59.4 Å². The van der Waals surface area contributed by atoms with E-state index < -0.39 is 5.97 Å². The summed E-state index contributed by atoms with van der Waals surface area (Å²) < 4.78 is 5.61. The molecule has 2 amide bonds.